The number of fused-ring (bicyclic) bond motifs is 1. The second-order valence-electron chi connectivity index (χ2n) is 8.37. The summed E-state index contributed by atoms with van der Waals surface area (Å²) in [6, 6.07) is 5.76. The standard InChI is InChI=1S/C24H29N7/c1-2-29-8-10-30(11-9-29)24-16-31-22(17-4-3-5-17)13-21(28-23(31)15-27-24)18-6-7-20(26)19(12-18)14-25/h6-7,12-16,25H,2-5,8-11,26H2,1H3. The van der Waals surface area contributed by atoms with E-state index in [4.69, 9.17) is 21.1 Å². The Labute approximate surface area is 183 Å². The maximum Gasteiger partial charge on any atom is 0.156 e. The van der Waals surface area contributed by atoms with Crippen LogP contribution in [0.15, 0.2) is 57.6 Å². The molecule has 0 aromatic heterocycles. The molecule has 2 fully saturated rings. The smallest absolute Gasteiger partial charge is 0.156 e. The van der Waals surface area contributed by atoms with Crippen LogP contribution in [0.4, 0.5) is 5.69 Å². The zero-order valence-electron chi connectivity index (χ0n) is 18.0. The van der Waals surface area contributed by atoms with Crippen molar-refractivity contribution in [1.29, 1.82) is 5.41 Å². The molecule has 3 aliphatic heterocycles. The highest BCUT2D eigenvalue weighted by molar-refractivity contribution is 6.32. The van der Waals surface area contributed by atoms with E-state index in [9.17, 15) is 0 Å². The van der Waals surface area contributed by atoms with Gasteiger partial charge in [-0.05, 0) is 49.6 Å². The van der Waals surface area contributed by atoms with Gasteiger partial charge in [0.2, 0.25) is 0 Å². The lowest BCUT2D eigenvalue weighted by Gasteiger charge is -2.38. The molecule has 0 spiro atoms. The quantitative estimate of drug-likeness (QED) is 0.584. The molecule has 5 rings (SSSR count). The molecule has 0 atom stereocenters. The number of hydrogen-bond donors (Lipinski definition) is 2. The number of piperazine rings is 1. The molecule has 3 heterocycles. The number of anilines is 1. The van der Waals surface area contributed by atoms with Crippen LogP contribution >= 0.6 is 0 Å². The van der Waals surface area contributed by atoms with Crippen molar-refractivity contribution < 1.29 is 0 Å². The highest BCUT2D eigenvalue weighted by Crippen LogP contribution is 2.37. The van der Waals surface area contributed by atoms with Crippen LogP contribution in [0, 0.1) is 5.41 Å². The third-order valence-corrected chi connectivity index (χ3v) is 6.57. The third-order valence-electron chi connectivity index (χ3n) is 6.57. The van der Waals surface area contributed by atoms with Gasteiger partial charge in [-0.3, -0.25) is 4.90 Å². The van der Waals surface area contributed by atoms with Gasteiger partial charge in [0, 0.05) is 54.9 Å². The van der Waals surface area contributed by atoms with Crippen LogP contribution in [0.3, 0.4) is 0 Å². The summed E-state index contributed by atoms with van der Waals surface area (Å²) in [5, 5.41) is 7.62. The molecule has 4 aliphatic rings. The molecule has 31 heavy (non-hydrogen) atoms. The molecule has 3 N–H and O–H groups in total. The van der Waals surface area contributed by atoms with Gasteiger partial charge in [0.05, 0.1) is 18.1 Å². The molecular weight excluding hydrogens is 386 g/mol. The Hall–Kier alpha value is -3.19. The van der Waals surface area contributed by atoms with Crippen LogP contribution in [0.5, 0.6) is 0 Å². The van der Waals surface area contributed by atoms with Crippen molar-refractivity contribution in [3.8, 4) is 0 Å². The number of nitrogens with one attached hydrogen (secondary N) is 1. The summed E-state index contributed by atoms with van der Waals surface area (Å²) in [6.07, 6.45) is 11.0. The maximum absolute atomic E-state index is 7.62. The van der Waals surface area contributed by atoms with Gasteiger partial charge < -0.3 is 20.9 Å². The van der Waals surface area contributed by atoms with E-state index in [2.05, 4.69) is 33.9 Å². The number of allylic oxidation sites excluding steroid dienone is 2. The minimum absolute atomic E-state index is 0.608. The van der Waals surface area contributed by atoms with Crippen molar-refractivity contribution in [3.05, 3.63) is 58.7 Å². The van der Waals surface area contributed by atoms with Crippen molar-refractivity contribution in [2.45, 2.75) is 26.2 Å². The van der Waals surface area contributed by atoms with Gasteiger partial charge in [0.1, 0.15) is 5.82 Å². The Balaban J connectivity index is 1.47. The predicted octanol–water partition coefficient (Wildman–Crippen LogP) is 3.28. The average Bonchev–Trinajstić information content (AvgIpc) is 2.78. The van der Waals surface area contributed by atoms with Gasteiger partial charge in [-0.1, -0.05) is 13.0 Å². The second kappa shape index (κ2) is 8.15. The SMILES string of the molecule is CCN1CCN(C2=CN3C(=NC(c4ccc(N)c(C=N)c4)=CC3=C3CCC3)C=N2)CC1. The average molecular weight is 416 g/mol. The first-order valence-corrected chi connectivity index (χ1v) is 11.1. The number of amidine groups is 1. The molecule has 1 aromatic rings. The first kappa shape index (κ1) is 19.8. The van der Waals surface area contributed by atoms with Crippen LogP contribution in [0.1, 0.15) is 37.3 Å². The van der Waals surface area contributed by atoms with Crippen LogP contribution < -0.4 is 5.73 Å². The number of nitrogens with zero attached hydrogens (tertiary/aromatic N) is 5. The second-order valence-corrected chi connectivity index (χ2v) is 8.37. The van der Waals surface area contributed by atoms with Crippen molar-refractivity contribution >= 4 is 29.6 Å². The Kier molecular flexibility index (Phi) is 5.19. The summed E-state index contributed by atoms with van der Waals surface area (Å²) < 4.78 is 0. The normalized spacial score (nSPS) is 21.3. The summed E-state index contributed by atoms with van der Waals surface area (Å²) in [6.45, 7) is 7.49. The minimum atomic E-state index is 0.608. The van der Waals surface area contributed by atoms with E-state index in [0.717, 1.165) is 68.5 Å². The molecule has 0 bridgehead atoms. The van der Waals surface area contributed by atoms with Crippen LogP contribution in [0.2, 0.25) is 0 Å². The fourth-order valence-electron chi connectivity index (χ4n) is 4.38. The molecule has 1 aromatic carbocycles. The topological polar surface area (TPSA) is 84.3 Å². The summed E-state index contributed by atoms with van der Waals surface area (Å²) in [5.41, 5.74) is 11.9. The molecule has 7 nitrogen and oxygen atoms in total. The van der Waals surface area contributed by atoms with Crippen molar-refractivity contribution in [2.75, 3.05) is 38.5 Å². The van der Waals surface area contributed by atoms with Gasteiger partial charge in [0.15, 0.2) is 5.84 Å². The van der Waals surface area contributed by atoms with Gasteiger partial charge in [-0.2, -0.15) is 0 Å². The fraction of sp³-hybridized carbons (Fsp3) is 0.375. The van der Waals surface area contributed by atoms with Crippen molar-refractivity contribution in [3.63, 3.8) is 0 Å². The van der Waals surface area contributed by atoms with E-state index in [1.807, 2.05) is 24.4 Å². The lowest BCUT2D eigenvalue weighted by molar-refractivity contribution is 0.163. The molecule has 0 amide bonds. The predicted molar refractivity (Wildman–Crippen MR) is 127 cm³/mol. The van der Waals surface area contributed by atoms with Gasteiger partial charge >= 0.3 is 0 Å². The molecule has 0 radical (unpaired) electrons. The largest absolute Gasteiger partial charge is 0.398 e. The molecule has 1 saturated carbocycles. The van der Waals surface area contributed by atoms with Crippen LogP contribution in [-0.4, -0.2) is 65.7 Å². The molecule has 1 saturated heterocycles. The number of hydrogen-bond acceptors (Lipinski definition) is 7. The Morgan fingerprint density at radius 2 is 1.97 bits per heavy atom. The van der Waals surface area contributed by atoms with Crippen LogP contribution in [-0.2, 0) is 0 Å². The summed E-state index contributed by atoms with van der Waals surface area (Å²) in [7, 11) is 0. The van der Waals surface area contributed by atoms with E-state index in [-0.39, 0.29) is 0 Å². The minimum Gasteiger partial charge on any atom is -0.398 e. The van der Waals surface area contributed by atoms with E-state index in [1.54, 1.807) is 0 Å². The molecule has 1 aliphatic carbocycles. The number of nitrogen functional groups attached to an aromatic ring is 1. The number of benzene rings is 1. The van der Waals surface area contributed by atoms with Gasteiger partial charge in [-0.25, -0.2) is 9.98 Å². The molecular formula is C24H29N7. The van der Waals surface area contributed by atoms with Crippen LogP contribution in [0.25, 0.3) is 5.70 Å². The fourth-order valence-corrected chi connectivity index (χ4v) is 4.38. The maximum atomic E-state index is 7.62. The van der Waals surface area contributed by atoms with E-state index < -0.39 is 0 Å². The highest BCUT2D eigenvalue weighted by Gasteiger charge is 2.28. The Morgan fingerprint density at radius 1 is 1.16 bits per heavy atom. The van der Waals surface area contributed by atoms with E-state index in [0.29, 0.717) is 11.3 Å². The monoisotopic (exact) mass is 415 g/mol. The van der Waals surface area contributed by atoms with Gasteiger partial charge in [0.25, 0.3) is 0 Å². The summed E-state index contributed by atoms with van der Waals surface area (Å²) >= 11 is 0. The zero-order chi connectivity index (χ0) is 21.4. The van der Waals surface area contributed by atoms with E-state index in [1.165, 1.54) is 23.9 Å². The lowest BCUT2D eigenvalue weighted by atomic mass is 9.89. The Bertz CT molecular complexity index is 1050. The van der Waals surface area contributed by atoms with Crippen molar-refractivity contribution in [2.24, 2.45) is 9.98 Å². The summed E-state index contributed by atoms with van der Waals surface area (Å²) in [4.78, 5) is 16.7. The van der Waals surface area contributed by atoms with Gasteiger partial charge in [-0.15, -0.1) is 0 Å². The Morgan fingerprint density at radius 3 is 2.65 bits per heavy atom. The molecule has 0 unspecified atom stereocenters. The number of aliphatic imine (C=N–C) groups is 2. The molecule has 7 heteroatoms. The van der Waals surface area contributed by atoms with Crippen molar-refractivity contribution in [1.82, 2.24) is 14.7 Å². The third kappa shape index (κ3) is 3.70. The zero-order valence-corrected chi connectivity index (χ0v) is 18.0. The summed E-state index contributed by atoms with van der Waals surface area (Å²) in [5.74, 6) is 1.86. The molecule has 160 valence electrons. The number of nitrogens with two attached hydrogens (primary N) is 1. The lowest BCUT2D eigenvalue weighted by Crippen LogP contribution is -2.46. The first-order valence-electron chi connectivity index (χ1n) is 11.1. The highest BCUT2D eigenvalue weighted by atomic mass is 15.3. The number of likely N-dealkylation sites (N-methyl/N-ethyl adjacent to an activating group) is 1. The number of rotatable bonds is 4. The first-order chi connectivity index (χ1) is 15.2. The van der Waals surface area contributed by atoms with E-state index >= 15 is 0 Å².